The number of esters is 1. The number of ether oxygens (including phenoxy) is 3. The van der Waals surface area contributed by atoms with Gasteiger partial charge in [0.25, 0.3) is 0 Å². The maximum Gasteiger partial charge on any atom is 0.344 e. The molecule has 0 spiro atoms. The molecule has 0 heterocycles. The molecule has 4 heteroatoms. The number of rotatable bonds is 5. The zero-order valence-corrected chi connectivity index (χ0v) is 23.2. The highest BCUT2D eigenvalue weighted by Gasteiger charge is 2.21. The Morgan fingerprint density at radius 1 is 0.564 bits per heavy atom. The summed E-state index contributed by atoms with van der Waals surface area (Å²) in [7, 11) is 0. The number of fused-ring (bicyclic) bond motifs is 2. The van der Waals surface area contributed by atoms with Crippen LogP contribution < -0.4 is 14.2 Å². The Kier molecular flexibility index (Phi) is 6.70. The van der Waals surface area contributed by atoms with E-state index in [-0.39, 0.29) is 11.2 Å². The number of hydrogen-bond donors (Lipinski definition) is 0. The van der Waals surface area contributed by atoms with Crippen LogP contribution in [0.5, 0.6) is 17.2 Å². The molecule has 0 aliphatic heterocycles. The van der Waals surface area contributed by atoms with E-state index in [1.807, 2.05) is 96.1 Å². The maximum absolute atomic E-state index is 13.7. The molecule has 0 fully saturated rings. The van der Waals surface area contributed by atoms with Gasteiger partial charge in [-0.05, 0) is 82.3 Å². The van der Waals surface area contributed by atoms with Crippen molar-refractivity contribution in [3.63, 3.8) is 0 Å². The summed E-state index contributed by atoms with van der Waals surface area (Å²) < 4.78 is 18.4. The van der Waals surface area contributed by atoms with Gasteiger partial charge in [-0.25, -0.2) is 4.79 Å². The van der Waals surface area contributed by atoms with Crippen molar-refractivity contribution in [2.45, 2.75) is 52.7 Å². The second-order valence-electron chi connectivity index (χ2n) is 11.5. The van der Waals surface area contributed by atoms with Crippen LogP contribution in [0.3, 0.4) is 0 Å². The third kappa shape index (κ3) is 5.68. The molecule has 5 aromatic rings. The Bertz CT molecular complexity index is 1670. The molecule has 0 saturated heterocycles. The first kappa shape index (κ1) is 26.1. The summed E-state index contributed by atoms with van der Waals surface area (Å²) in [5, 5.41) is 3.53. The third-order valence-electron chi connectivity index (χ3n) is 6.08. The zero-order chi connectivity index (χ0) is 27.8. The molecule has 0 unspecified atom stereocenters. The smallest absolute Gasteiger partial charge is 0.344 e. The van der Waals surface area contributed by atoms with Crippen molar-refractivity contribution in [1.82, 2.24) is 0 Å². The fraction of sp³-hybridized carbons (Fsp3) is 0.229. The molecule has 5 aromatic carbocycles. The van der Waals surface area contributed by atoms with Crippen molar-refractivity contribution in [2.24, 2.45) is 0 Å². The molecule has 39 heavy (non-hydrogen) atoms. The van der Waals surface area contributed by atoms with Crippen molar-refractivity contribution in [1.29, 1.82) is 0 Å². The van der Waals surface area contributed by atoms with Gasteiger partial charge >= 0.3 is 5.97 Å². The molecule has 0 radical (unpaired) electrons. The maximum atomic E-state index is 13.7. The molecule has 196 valence electrons. The van der Waals surface area contributed by atoms with Gasteiger partial charge < -0.3 is 14.2 Å². The minimum absolute atomic E-state index is 0.336. The average Bonchev–Trinajstić information content (AvgIpc) is 2.89. The van der Waals surface area contributed by atoms with Crippen molar-refractivity contribution in [2.75, 3.05) is 0 Å². The van der Waals surface area contributed by atoms with Crippen molar-refractivity contribution < 1.29 is 19.0 Å². The molecule has 5 rings (SSSR count). The first-order valence-corrected chi connectivity index (χ1v) is 13.1. The summed E-state index contributed by atoms with van der Waals surface area (Å²) in [6.07, 6.45) is 0. The van der Waals surface area contributed by atoms with Crippen LogP contribution in [-0.2, 0) is 0 Å². The van der Waals surface area contributed by atoms with Crippen LogP contribution in [0.25, 0.3) is 32.7 Å². The molecular weight excluding hydrogens is 484 g/mol. The van der Waals surface area contributed by atoms with E-state index >= 15 is 0 Å². The van der Waals surface area contributed by atoms with Gasteiger partial charge in [-0.3, -0.25) is 0 Å². The van der Waals surface area contributed by atoms with Crippen molar-refractivity contribution >= 4 is 27.5 Å². The molecule has 0 atom stereocenters. The first-order valence-electron chi connectivity index (χ1n) is 13.1. The summed E-state index contributed by atoms with van der Waals surface area (Å²) in [5.74, 6) is 1.50. The van der Waals surface area contributed by atoms with E-state index in [0.29, 0.717) is 17.1 Å². The highest BCUT2D eigenvalue weighted by Crippen LogP contribution is 2.38. The van der Waals surface area contributed by atoms with E-state index in [1.165, 1.54) is 0 Å². The quantitative estimate of drug-likeness (QED) is 0.173. The third-order valence-corrected chi connectivity index (χ3v) is 6.08. The molecule has 0 N–H and O–H groups in total. The van der Waals surface area contributed by atoms with Crippen LogP contribution in [0, 0.1) is 12.1 Å². The number of carbonyl (C=O) groups is 1. The molecule has 0 aliphatic rings. The predicted octanol–water partition coefficient (Wildman–Crippen LogP) is 8.83. The fourth-order valence-electron chi connectivity index (χ4n) is 4.61. The monoisotopic (exact) mass is 516 g/mol. The van der Waals surface area contributed by atoms with E-state index in [2.05, 4.69) is 18.2 Å². The normalized spacial score (nSPS) is 11.7. The number of carbonyl (C=O) groups excluding carboxylic acids is 1. The van der Waals surface area contributed by atoms with Crippen LogP contribution >= 0.6 is 0 Å². The highest BCUT2D eigenvalue weighted by molar-refractivity contribution is 6.07. The Balaban J connectivity index is 1.55. The second-order valence-corrected chi connectivity index (χ2v) is 11.5. The van der Waals surface area contributed by atoms with Crippen LogP contribution in [0.2, 0.25) is 0 Å². The predicted molar refractivity (Wildman–Crippen MR) is 157 cm³/mol. The Labute approximate surface area is 230 Å². The van der Waals surface area contributed by atoms with Gasteiger partial charge in [0.15, 0.2) is 0 Å². The highest BCUT2D eigenvalue weighted by atomic mass is 16.5. The molecule has 0 aromatic heterocycles. The van der Waals surface area contributed by atoms with E-state index in [4.69, 9.17) is 14.2 Å². The van der Waals surface area contributed by atoms with Crippen LogP contribution in [-0.4, -0.2) is 17.2 Å². The van der Waals surface area contributed by atoms with Gasteiger partial charge in [-0.15, -0.1) is 0 Å². The minimum Gasteiger partial charge on any atom is -0.488 e. The summed E-state index contributed by atoms with van der Waals surface area (Å²) in [5.41, 5.74) is 1.48. The number of hydrogen-bond acceptors (Lipinski definition) is 4. The van der Waals surface area contributed by atoms with Crippen molar-refractivity contribution in [3.05, 3.63) is 103 Å². The van der Waals surface area contributed by atoms with E-state index in [9.17, 15) is 4.79 Å². The lowest BCUT2D eigenvalue weighted by molar-refractivity contribution is 0.0737. The van der Waals surface area contributed by atoms with Crippen LogP contribution in [0.4, 0.5) is 0 Å². The molecule has 0 aliphatic carbocycles. The fourth-order valence-corrected chi connectivity index (χ4v) is 4.61. The SMILES string of the molecule is CC(C)(C)Oc1ccc(OC(=O)c2ccccc2-c2ccc(OC(C)(C)C)c3ccccc23)c2cc#ccc12. The summed E-state index contributed by atoms with van der Waals surface area (Å²) >= 11 is 0. The summed E-state index contributed by atoms with van der Waals surface area (Å²) in [6.45, 7) is 12.1. The van der Waals surface area contributed by atoms with E-state index in [1.54, 1.807) is 24.3 Å². The van der Waals surface area contributed by atoms with E-state index in [0.717, 1.165) is 38.4 Å². The lowest BCUT2D eigenvalue weighted by Gasteiger charge is -2.23. The molecule has 0 bridgehead atoms. The van der Waals surface area contributed by atoms with Gasteiger partial charge in [0.05, 0.1) is 5.56 Å². The number of benzene rings is 4. The van der Waals surface area contributed by atoms with Gasteiger partial charge in [-0.1, -0.05) is 60.7 Å². The lowest BCUT2D eigenvalue weighted by atomic mass is 9.94. The van der Waals surface area contributed by atoms with Gasteiger partial charge in [-0.2, -0.15) is 0 Å². The minimum atomic E-state index is -0.441. The van der Waals surface area contributed by atoms with Crippen LogP contribution in [0.1, 0.15) is 51.9 Å². The average molecular weight is 517 g/mol. The zero-order valence-electron chi connectivity index (χ0n) is 23.2. The lowest BCUT2D eigenvalue weighted by Crippen LogP contribution is -2.23. The topological polar surface area (TPSA) is 44.8 Å². The summed E-state index contributed by atoms with van der Waals surface area (Å²) in [6, 6.07) is 32.7. The largest absolute Gasteiger partial charge is 0.488 e. The van der Waals surface area contributed by atoms with E-state index < -0.39 is 5.97 Å². The summed E-state index contributed by atoms with van der Waals surface area (Å²) in [4.78, 5) is 13.7. The van der Waals surface area contributed by atoms with Gasteiger partial charge in [0, 0.05) is 28.3 Å². The van der Waals surface area contributed by atoms with Crippen LogP contribution in [0.15, 0.2) is 84.9 Å². The Morgan fingerprint density at radius 3 is 1.74 bits per heavy atom. The van der Waals surface area contributed by atoms with Crippen molar-refractivity contribution in [3.8, 4) is 28.4 Å². The molecule has 4 nitrogen and oxygen atoms in total. The van der Waals surface area contributed by atoms with Gasteiger partial charge in [0.2, 0.25) is 0 Å². The second kappa shape index (κ2) is 10.0. The Morgan fingerprint density at radius 2 is 1.08 bits per heavy atom. The standard InChI is InChI=1S/C35H32O4/c1-34(2,3)38-31-20-19-25(23-13-7-9-15-26(23)31)24-14-8-12-18-29(24)33(36)37-30-21-22-32(39-35(4,5)6)28-17-11-10-16-27(28)30/h7-9,12-22H,1-6H3. The molecular formula is C35H32O4. The van der Waals surface area contributed by atoms with Gasteiger partial charge in [0.1, 0.15) is 28.5 Å². The Hall–Kier alpha value is -4.49. The first-order chi connectivity index (χ1) is 18.5. The molecule has 0 saturated carbocycles. The molecule has 0 amide bonds.